The average Bonchev–Trinajstić information content (AvgIpc) is 1.81. The number of alkyl halides is 3. The molecule has 0 aliphatic carbocycles. The second-order valence-electron chi connectivity index (χ2n) is 1.24. The van der Waals surface area contributed by atoms with Crippen LogP contribution in [0.5, 0.6) is 0 Å². The molecule has 0 fully saturated rings. The minimum atomic E-state index is -4.63. The lowest BCUT2D eigenvalue weighted by Crippen LogP contribution is -2.04. The normalized spacial score (nSPS) is 9.60. The third kappa shape index (κ3) is 4.97. The number of ether oxygens (including phenoxy) is 1. The zero-order valence-electron chi connectivity index (χ0n) is 4.95. The molecule has 5 heteroatoms. The number of hydrogen-bond donors (Lipinski definition) is 0. The first kappa shape index (κ1) is 8.82. The summed E-state index contributed by atoms with van der Waals surface area (Å²) in [7, 11) is 0.952. The van der Waals surface area contributed by atoms with Crippen molar-refractivity contribution in [3.8, 4) is 11.8 Å². The highest BCUT2D eigenvalue weighted by Gasteiger charge is 2.23. The number of hydrogen-bond acceptors (Lipinski definition) is 2. The summed E-state index contributed by atoms with van der Waals surface area (Å²) in [5.41, 5.74) is 0. The van der Waals surface area contributed by atoms with Gasteiger partial charge in [0.25, 0.3) is 0 Å². The molecule has 10 heavy (non-hydrogen) atoms. The van der Waals surface area contributed by atoms with E-state index in [4.69, 9.17) is 0 Å². The van der Waals surface area contributed by atoms with Crippen molar-refractivity contribution in [2.24, 2.45) is 0 Å². The second-order valence-corrected chi connectivity index (χ2v) is 1.24. The van der Waals surface area contributed by atoms with Crippen LogP contribution in [0.2, 0.25) is 0 Å². The van der Waals surface area contributed by atoms with Crippen molar-refractivity contribution in [3.63, 3.8) is 0 Å². The maximum Gasteiger partial charge on any atom is 0.458 e. The molecule has 0 aromatic rings. The molecule has 0 unspecified atom stereocenters. The molecule has 0 aliphatic heterocycles. The fourth-order valence-corrected chi connectivity index (χ4v) is 0.173. The summed E-state index contributed by atoms with van der Waals surface area (Å²) in [4.78, 5) is 9.96. The molecule has 0 heterocycles. The van der Waals surface area contributed by atoms with Gasteiger partial charge in [0.1, 0.15) is 0 Å². The van der Waals surface area contributed by atoms with E-state index in [9.17, 15) is 18.0 Å². The Morgan fingerprint density at radius 3 is 2.30 bits per heavy atom. The van der Waals surface area contributed by atoms with Gasteiger partial charge in [0.05, 0.1) is 7.11 Å². The highest BCUT2D eigenvalue weighted by Crippen LogP contribution is 2.11. The Hall–Kier alpha value is -1.18. The molecule has 2 nitrogen and oxygen atoms in total. The van der Waals surface area contributed by atoms with Crippen LogP contribution in [0.3, 0.4) is 0 Å². The van der Waals surface area contributed by atoms with Crippen LogP contribution in [-0.4, -0.2) is 19.3 Å². The van der Waals surface area contributed by atoms with E-state index in [1.54, 1.807) is 0 Å². The summed E-state index contributed by atoms with van der Waals surface area (Å²) >= 11 is 0. The molecular weight excluding hydrogens is 149 g/mol. The molecular formula is C5H3F3O2. The lowest BCUT2D eigenvalue weighted by molar-refractivity contribution is -0.134. The molecule has 0 radical (unpaired) electrons. The molecule has 0 N–H and O–H groups in total. The quantitative estimate of drug-likeness (QED) is 0.290. The van der Waals surface area contributed by atoms with Gasteiger partial charge in [-0.15, -0.1) is 0 Å². The Kier molecular flexibility index (Phi) is 2.74. The van der Waals surface area contributed by atoms with Crippen molar-refractivity contribution in [2.75, 3.05) is 7.11 Å². The number of carbonyl (C=O) groups excluding carboxylic acids is 1. The smallest absolute Gasteiger partial charge is 0.458 e. The molecule has 0 saturated carbocycles. The summed E-state index contributed by atoms with van der Waals surface area (Å²) in [6.45, 7) is 0. The lowest BCUT2D eigenvalue weighted by Gasteiger charge is -1.91. The van der Waals surface area contributed by atoms with Gasteiger partial charge in [-0.25, -0.2) is 4.79 Å². The van der Waals surface area contributed by atoms with Gasteiger partial charge in [0.15, 0.2) is 0 Å². The molecule has 0 aromatic heterocycles. The van der Waals surface area contributed by atoms with E-state index < -0.39 is 12.1 Å². The van der Waals surface area contributed by atoms with E-state index in [2.05, 4.69) is 4.74 Å². The first-order valence-corrected chi connectivity index (χ1v) is 2.13. The number of rotatable bonds is 0. The summed E-state index contributed by atoms with van der Waals surface area (Å²) in [5, 5.41) is 0. The zero-order chi connectivity index (χ0) is 8.20. The Bertz CT molecular complexity index is 183. The van der Waals surface area contributed by atoms with Crippen LogP contribution < -0.4 is 0 Å². The first-order chi connectivity index (χ1) is 4.45. The van der Waals surface area contributed by atoms with Crippen LogP contribution >= 0.6 is 0 Å². The van der Waals surface area contributed by atoms with Gasteiger partial charge >= 0.3 is 12.1 Å². The van der Waals surface area contributed by atoms with E-state index in [1.807, 2.05) is 0 Å². The molecule has 0 bridgehead atoms. The third-order valence-corrected chi connectivity index (χ3v) is 0.492. The molecule has 0 atom stereocenters. The van der Waals surface area contributed by atoms with Gasteiger partial charge in [-0.2, -0.15) is 13.2 Å². The third-order valence-electron chi connectivity index (χ3n) is 0.492. The maximum atomic E-state index is 11.2. The summed E-state index contributed by atoms with van der Waals surface area (Å²) < 4.78 is 37.3. The van der Waals surface area contributed by atoms with Crippen molar-refractivity contribution in [1.82, 2.24) is 0 Å². The molecule has 0 aliphatic rings. The number of methoxy groups -OCH3 is 1. The average molecular weight is 152 g/mol. The molecule has 0 amide bonds. The van der Waals surface area contributed by atoms with Gasteiger partial charge in [0.2, 0.25) is 0 Å². The molecule has 0 spiro atoms. The largest absolute Gasteiger partial charge is 0.459 e. The molecule has 0 rings (SSSR count). The lowest BCUT2D eigenvalue weighted by atomic mass is 10.6. The van der Waals surface area contributed by atoms with Crippen molar-refractivity contribution in [1.29, 1.82) is 0 Å². The van der Waals surface area contributed by atoms with Gasteiger partial charge in [0, 0.05) is 11.8 Å². The number of halogens is 3. The molecule has 0 aromatic carbocycles. The SMILES string of the molecule is COC(=O)C#CC(F)(F)F. The van der Waals surface area contributed by atoms with E-state index >= 15 is 0 Å². The van der Waals surface area contributed by atoms with Crippen LogP contribution in [0, 0.1) is 11.8 Å². The minimum Gasteiger partial charge on any atom is -0.459 e. The summed E-state index contributed by atoms with van der Waals surface area (Å²) in [6.07, 6.45) is -4.63. The van der Waals surface area contributed by atoms with Gasteiger partial charge in [-0.3, -0.25) is 0 Å². The standard InChI is InChI=1S/C5H3F3O2/c1-10-4(9)2-3-5(6,7)8/h1H3. The molecule has 56 valence electrons. The summed E-state index contributed by atoms with van der Waals surface area (Å²) in [6, 6.07) is 0. The predicted octanol–water partition coefficient (Wildman–Crippen LogP) is 0.725. The van der Waals surface area contributed by atoms with Crippen LogP contribution in [0.1, 0.15) is 0 Å². The monoisotopic (exact) mass is 152 g/mol. The first-order valence-electron chi connectivity index (χ1n) is 2.13. The van der Waals surface area contributed by atoms with E-state index in [-0.39, 0.29) is 0 Å². The number of esters is 1. The van der Waals surface area contributed by atoms with Gasteiger partial charge in [-0.05, 0) is 0 Å². The fraction of sp³-hybridized carbons (Fsp3) is 0.400. The predicted molar refractivity (Wildman–Crippen MR) is 25.8 cm³/mol. The van der Waals surface area contributed by atoms with Crippen molar-refractivity contribution >= 4 is 5.97 Å². The minimum absolute atomic E-state index is 0.748. The Balaban J connectivity index is 4.05. The number of carbonyl (C=O) groups is 1. The topological polar surface area (TPSA) is 26.3 Å². The zero-order valence-corrected chi connectivity index (χ0v) is 4.95. The van der Waals surface area contributed by atoms with Crippen molar-refractivity contribution in [3.05, 3.63) is 0 Å². The summed E-state index contributed by atoms with van der Waals surface area (Å²) in [5.74, 6) is 0.787. The maximum absolute atomic E-state index is 11.2. The van der Waals surface area contributed by atoms with Crippen molar-refractivity contribution < 1.29 is 22.7 Å². The fourth-order valence-electron chi connectivity index (χ4n) is 0.173. The van der Waals surface area contributed by atoms with Crippen molar-refractivity contribution in [2.45, 2.75) is 6.18 Å². The van der Waals surface area contributed by atoms with Crippen LogP contribution in [0.15, 0.2) is 0 Å². The van der Waals surface area contributed by atoms with E-state index in [1.165, 1.54) is 5.92 Å². The highest BCUT2D eigenvalue weighted by molar-refractivity contribution is 5.88. The van der Waals surface area contributed by atoms with Crippen LogP contribution in [0.4, 0.5) is 13.2 Å². The van der Waals surface area contributed by atoms with Crippen LogP contribution in [-0.2, 0) is 9.53 Å². The highest BCUT2D eigenvalue weighted by atomic mass is 19.4. The Labute approximate surface area is 55.0 Å². The van der Waals surface area contributed by atoms with Crippen LogP contribution in [0.25, 0.3) is 0 Å². The molecule has 0 saturated heterocycles. The van der Waals surface area contributed by atoms with Gasteiger partial charge < -0.3 is 4.74 Å². The van der Waals surface area contributed by atoms with Gasteiger partial charge in [-0.1, -0.05) is 0 Å². The second kappa shape index (κ2) is 3.11. The van der Waals surface area contributed by atoms with E-state index in [0.717, 1.165) is 13.0 Å². The van der Waals surface area contributed by atoms with E-state index in [0.29, 0.717) is 0 Å². The Morgan fingerprint density at radius 1 is 1.50 bits per heavy atom. The Morgan fingerprint density at radius 2 is 2.00 bits per heavy atom.